The quantitative estimate of drug-likeness (QED) is 0.691. The van der Waals surface area contributed by atoms with Gasteiger partial charge < -0.3 is 9.67 Å². The zero-order valence-electron chi connectivity index (χ0n) is 14.7. The third kappa shape index (κ3) is 2.77. The van der Waals surface area contributed by atoms with Crippen molar-refractivity contribution in [1.82, 2.24) is 9.55 Å². The van der Waals surface area contributed by atoms with Gasteiger partial charge >= 0.3 is 5.97 Å². The number of rotatable bonds is 3. The molecule has 4 rings (SSSR count). The Bertz CT molecular complexity index is 970. The van der Waals surface area contributed by atoms with Gasteiger partial charge in [-0.15, -0.1) is 0 Å². The van der Waals surface area contributed by atoms with Crippen LogP contribution in [-0.4, -0.2) is 20.6 Å². The molecule has 0 radical (unpaired) electrons. The summed E-state index contributed by atoms with van der Waals surface area (Å²) in [6.45, 7) is 1.99. The van der Waals surface area contributed by atoms with Crippen molar-refractivity contribution in [2.75, 3.05) is 0 Å². The van der Waals surface area contributed by atoms with Crippen molar-refractivity contribution < 1.29 is 14.3 Å². The van der Waals surface area contributed by atoms with Gasteiger partial charge in [-0.25, -0.2) is 9.18 Å². The summed E-state index contributed by atoms with van der Waals surface area (Å²) in [6.07, 6.45) is 7.05. The van der Waals surface area contributed by atoms with Crippen molar-refractivity contribution in [1.29, 1.82) is 0 Å². The van der Waals surface area contributed by atoms with Crippen molar-refractivity contribution >= 4 is 16.9 Å². The lowest BCUT2D eigenvalue weighted by Crippen LogP contribution is -2.14. The van der Waals surface area contributed by atoms with E-state index in [9.17, 15) is 14.3 Å². The highest BCUT2D eigenvalue weighted by Crippen LogP contribution is 2.40. The van der Waals surface area contributed by atoms with Crippen LogP contribution in [0.3, 0.4) is 0 Å². The average Bonchev–Trinajstić information content (AvgIpc) is 2.95. The summed E-state index contributed by atoms with van der Waals surface area (Å²) in [5.74, 6) is -1.29. The summed E-state index contributed by atoms with van der Waals surface area (Å²) >= 11 is 0. The molecule has 1 aromatic carbocycles. The third-order valence-electron chi connectivity index (χ3n) is 5.41. The van der Waals surface area contributed by atoms with Crippen LogP contribution < -0.4 is 0 Å². The number of hydrogen-bond donors (Lipinski definition) is 1. The maximum absolute atomic E-state index is 13.4. The number of hydrogen-bond acceptors (Lipinski definition) is 2. The second-order valence-corrected chi connectivity index (χ2v) is 7.03. The number of carbonyl (C=O) groups is 1. The second-order valence-electron chi connectivity index (χ2n) is 7.03. The summed E-state index contributed by atoms with van der Waals surface area (Å²) in [5, 5.41) is 10.3. The molecule has 0 unspecified atom stereocenters. The van der Waals surface area contributed by atoms with Crippen LogP contribution in [0.1, 0.15) is 54.1 Å². The van der Waals surface area contributed by atoms with E-state index in [0.29, 0.717) is 6.04 Å². The van der Waals surface area contributed by atoms with Crippen LogP contribution in [0.2, 0.25) is 0 Å². The van der Waals surface area contributed by atoms with Crippen LogP contribution in [0.25, 0.3) is 22.3 Å². The number of halogens is 1. The van der Waals surface area contributed by atoms with E-state index in [2.05, 4.69) is 9.55 Å². The normalized spacial score (nSPS) is 15.5. The fourth-order valence-corrected chi connectivity index (χ4v) is 4.16. The number of aryl methyl sites for hydroxylation is 1. The molecule has 0 atom stereocenters. The van der Waals surface area contributed by atoms with Crippen LogP contribution in [0.15, 0.2) is 36.5 Å². The molecule has 3 aromatic rings. The first-order valence-corrected chi connectivity index (χ1v) is 9.06. The van der Waals surface area contributed by atoms with Crippen molar-refractivity contribution in [3.05, 3.63) is 53.5 Å². The predicted molar refractivity (Wildman–Crippen MR) is 98.9 cm³/mol. The van der Waals surface area contributed by atoms with Crippen LogP contribution in [-0.2, 0) is 0 Å². The van der Waals surface area contributed by atoms with Crippen molar-refractivity contribution in [3.63, 3.8) is 0 Å². The number of fused-ring (bicyclic) bond motifs is 1. The number of aromatic nitrogens is 2. The minimum Gasteiger partial charge on any atom is -0.478 e. The molecule has 0 bridgehead atoms. The average molecular weight is 352 g/mol. The van der Waals surface area contributed by atoms with Gasteiger partial charge in [0.15, 0.2) is 0 Å². The number of carboxylic acids is 1. The van der Waals surface area contributed by atoms with E-state index >= 15 is 0 Å². The number of benzene rings is 1. The summed E-state index contributed by atoms with van der Waals surface area (Å²) in [6, 6.07) is 8.77. The fourth-order valence-electron chi connectivity index (χ4n) is 4.16. The molecule has 1 aliphatic carbocycles. The number of pyridine rings is 1. The van der Waals surface area contributed by atoms with E-state index in [1.54, 1.807) is 18.2 Å². The van der Waals surface area contributed by atoms with Gasteiger partial charge in [0.1, 0.15) is 5.82 Å². The number of carboxylic acid groups (broad SMARTS) is 1. The Morgan fingerprint density at radius 3 is 2.62 bits per heavy atom. The summed E-state index contributed by atoms with van der Waals surface area (Å²) in [5.41, 5.74) is 3.99. The molecule has 0 saturated heterocycles. The molecular weight excluding hydrogens is 331 g/mol. The largest absolute Gasteiger partial charge is 0.478 e. The van der Waals surface area contributed by atoms with E-state index in [-0.39, 0.29) is 11.4 Å². The highest BCUT2D eigenvalue weighted by Gasteiger charge is 2.24. The molecule has 26 heavy (non-hydrogen) atoms. The first kappa shape index (κ1) is 16.8. The lowest BCUT2D eigenvalue weighted by molar-refractivity contribution is 0.0697. The summed E-state index contributed by atoms with van der Waals surface area (Å²) in [7, 11) is 0. The fraction of sp³-hybridized carbons (Fsp3) is 0.333. The lowest BCUT2D eigenvalue weighted by Gasteiger charge is -2.26. The van der Waals surface area contributed by atoms with E-state index in [1.165, 1.54) is 31.5 Å². The maximum atomic E-state index is 13.4. The maximum Gasteiger partial charge on any atom is 0.335 e. The Balaban J connectivity index is 1.99. The van der Waals surface area contributed by atoms with Crippen LogP contribution >= 0.6 is 0 Å². The van der Waals surface area contributed by atoms with Crippen molar-refractivity contribution in [2.45, 2.75) is 45.1 Å². The van der Waals surface area contributed by atoms with E-state index in [4.69, 9.17) is 0 Å². The van der Waals surface area contributed by atoms with Crippen molar-refractivity contribution in [3.8, 4) is 11.4 Å². The van der Waals surface area contributed by atoms with Gasteiger partial charge in [0, 0.05) is 16.9 Å². The molecule has 4 nitrogen and oxygen atoms in total. The SMILES string of the molecule is Cc1c(-c2ccc(F)cn2)n(C2CCCCC2)c2ccc(C(=O)O)cc12. The van der Waals surface area contributed by atoms with Crippen LogP contribution in [0.5, 0.6) is 0 Å². The standard InChI is InChI=1S/C21H21FN2O2/c1-13-17-11-14(21(25)26)7-10-19(17)24(16-5-3-2-4-6-16)20(13)18-9-8-15(22)12-23-18/h7-12,16H,2-6H2,1H3,(H,25,26). The first-order valence-electron chi connectivity index (χ1n) is 9.06. The van der Waals surface area contributed by atoms with Gasteiger partial charge in [0.2, 0.25) is 0 Å². The Morgan fingerprint density at radius 2 is 1.96 bits per heavy atom. The van der Waals surface area contributed by atoms with E-state index in [0.717, 1.165) is 40.7 Å². The van der Waals surface area contributed by atoms with E-state index < -0.39 is 5.97 Å². The van der Waals surface area contributed by atoms with Gasteiger partial charge in [0.25, 0.3) is 0 Å². The molecule has 2 aromatic heterocycles. The molecular formula is C21H21FN2O2. The Labute approximate surface area is 151 Å². The molecule has 1 aliphatic rings. The highest BCUT2D eigenvalue weighted by atomic mass is 19.1. The Hall–Kier alpha value is -2.69. The zero-order chi connectivity index (χ0) is 18.3. The van der Waals surface area contributed by atoms with Gasteiger partial charge in [-0.2, -0.15) is 0 Å². The first-order chi connectivity index (χ1) is 12.6. The Morgan fingerprint density at radius 1 is 1.19 bits per heavy atom. The Kier molecular flexibility index (Phi) is 4.23. The second kappa shape index (κ2) is 6.56. The summed E-state index contributed by atoms with van der Waals surface area (Å²) in [4.78, 5) is 15.7. The van der Waals surface area contributed by atoms with Crippen molar-refractivity contribution in [2.24, 2.45) is 0 Å². The van der Waals surface area contributed by atoms with E-state index in [1.807, 2.05) is 13.0 Å². The molecule has 2 heterocycles. The van der Waals surface area contributed by atoms with Crippen LogP contribution in [0, 0.1) is 12.7 Å². The smallest absolute Gasteiger partial charge is 0.335 e. The topological polar surface area (TPSA) is 55.1 Å². The molecule has 0 spiro atoms. The van der Waals surface area contributed by atoms with Gasteiger partial charge in [0.05, 0.1) is 23.1 Å². The molecule has 0 amide bonds. The predicted octanol–water partition coefficient (Wildman–Crippen LogP) is 5.35. The molecule has 5 heteroatoms. The molecule has 1 saturated carbocycles. The molecule has 1 fully saturated rings. The minimum absolute atomic E-state index is 0.278. The van der Waals surface area contributed by atoms with Gasteiger partial charge in [-0.3, -0.25) is 4.98 Å². The third-order valence-corrected chi connectivity index (χ3v) is 5.41. The molecule has 0 aliphatic heterocycles. The highest BCUT2D eigenvalue weighted by molar-refractivity contribution is 5.97. The number of nitrogens with zero attached hydrogens (tertiary/aromatic N) is 2. The van der Waals surface area contributed by atoms with Crippen LogP contribution in [0.4, 0.5) is 4.39 Å². The minimum atomic E-state index is -0.932. The molecule has 134 valence electrons. The zero-order valence-corrected chi connectivity index (χ0v) is 14.7. The van der Waals surface area contributed by atoms with Gasteiger partial charge in [-0.05, 0) is 55.7 Å². The summed E-state index contributed by atoms with van der Waals surface area (Å²) < 4.78 is 15.7. The lowest BCUT2D eigenvalue weighted by atomic mass is 9.95. The number of aromatic carboxylic acids is 1. The molecule has 1 N–H and O–H groups in total. The van der Waals surface area contributed by atoms with Gasteiger partial charge in [-0.1, -0.05) is 19.3 Å². The monoisotopic (exact) mass is 352 g/mol.